The van der Waals surface area contributed by atoms with Gasteiger partial charge in [-0.25, -0.2) is 0 Å². The molecule has 1 aliphatic heterocycles. The third-order valence-corrected chi connectivity index (χ3v) is 3.13. The van der Waals surface area contributed by atoms with Crippen molar-refractivity contribution in [1.29, 1.82) is 0 Å². The summed E-state index contributed by atoms with van der Waals surface area (Å²) in [7, 11) is 0. The Morgan fingerprint density at radius 1 is 1.52 bits per heavy atom. The lowest BCUT2D eigenvalue weighted by atomic mass is 10.0. The molecule has 8 heteroatoms. The lowest BCUT2D eigenvalue weighted by molar-refractivity contribution is -0.385. The van der Waals surface area contributed by atoms with E-state index in [-0.39, 0.29) is 35.3 Å². The van der Waals surface area contributed by atoms with Crippen LogP contribution in [0, 0.1) is 16.0 Å². The fourth-order valence-corrected chi connectivity index (χ4v) is 1.91. The number of nitro benzene ring substituents is 1. The zero-order valence-corrected chi connectivity index (χ0v) is 12.4. The second-order valence-electron chi connectivity index (χ2n) is 4.61. The van der Waals surface area contributed by atoms with E-state index in [9.17, 15) is 14.9 Å². The molecule has 0 spiro atoms. The summed E-state index contributed by atoms with van der Waals surface area (Å²) >= 11 is 0. The first kappa shape index (κ1) is 17.2. The number of amides is 1. The Labute approximate surface area is 128 Å². The van der Waals surface area contributed by atoms with Gasteiger partial charge in [-0.1, -0.05) is 0 Å². The Morgan fingerprint density at radius 2 is 2.24 bits per heavy atom. The molecule has 0 bridgehead atoms. The zero-order chi connectivity index (χ0) is 14.5. The number of ether oxygens (including phenoxy) is 1. The number of rotatable bonds is 6. The molecule has 0 saturated carbocycles. The molecule has 0 unspecified atom stereocenters. The first-order valence-electron chi connectivity index (χ1n) is 6.52. The Balaban J connectivity index is 0.00000220. The maximum absolute atomic E-state index is 11.9. The minimum atomic E-state index is -0.544. The number of nitrogens with zero attached hydrogens (tertiary/aromatic N) is 1. The number of carbonyl (C=O) groups is 1. The smallest absolute Gasteiger partial charge is 0.311 e. The van der Waals surface area contributed by atoms with Crippen LogP contribution in [0.1, 0.15) is 17.3 Å². The van der Waals surface area contributed by atoms with Crippen molar-refractivity contribution >= 4 is 24.0 Å². The van der Waals surface area contributed by atoms with Gasteiger partial charge in [-0.15, -0.1) is 12.4 Å². The van der Waals surface area contributed by atoms with Crippen LogP contribution in [0.25, 0.3) is 0 Å². The zero-order valence-electron chi connectivity index (χ0n) is 11.6. The third kappa shape index (κ3) is 4.30. The van der Waals surface area contributed by atoms with Gasteiger partial charge in [0.2, 0.25) is 0 Å². The second kappa shape index (κ2) is 7.80. The summed E-state index contributed by atoms with van der Waals surface area (Å²) in [5.41, 5.74) is 0.0808. The van der Waals surface area contributed by atoms with E-state index in [4.69, 9.17) is 4.74 Å². The maximum atomic E-state index is 11.9. The van der Waals surface area contributed by atoms with Crippen molar-refractivity contribution in [2.24, 2.45) is 5.92 Å². The van der Waals surface area contributed by atoms with Gasteiger partial charge in [0, 0.05) is 37.2 Å². The summed E-state index contributed by atoms with van der Waals surface area (Å²) in [6, 6.07) is 4.24. The first-order valence-corrected chi connectivity index (χ1v) is 6.52. The molecule has 7 nitrogen and oxygen atoms in total. The van der Waals surface area contributed by atoms with Gasteiger partial charge in [-0.2, -0.15) is 0 Å². The molecule has 116 valence electrons. The summed E-state index contributed by atoms with van der Waals surface area (Å²) in [4.78, 5) is 22.4. The van der Waals surface area contributed by atoms with Crippen LogP contribution in [0.15, 0.2) is 18.2 Å². The number of benzene rings is 1. The standard InChI is InChI=1S/C13H17N3O4.ClH/c1-2-20-12-4-3-10(5-11(12)16(18)19)13(17)15-8-9-6-14-7-9;/h3-5,9,14H,2,6-8H2,1H3,(H,15,17);1H. The number of carbonyl (C=O) groups excluding carboxylic acids is 1. The van der Waals surface area contributed by atoms with Crippen molar-refractivity contribution in [2.75, 3.05) is 26.2 Å². The highest BCUT2D eigenvalue weighted by molar-refractivity contribution is 5.95. The number of hydrogen-bond acceptors (Lipinski definition) is 5. The summed E-state index contributed by atoms with van der Waals surface area (Å²) in [5, 5.41) is 16.9. The number of nitro groups is 1. The Morgan fingerprint density at radius 3 is 2.76 bits per heavy atom. The normalized spacial score (nSPS) is 13.8. The highest BCUT2D eigenvalue weighted by Crippen LogP contribution is 2.27. The molecular formula is C13H18ClN3O4. The van der Waals surface area contributed by atoms with E-state index in [2.05, 4.69) is 10.6 Å². The quantitative estimate of drug-likeness (QED) is 0.611. The van der Waals surface area contributed by atoms with E-state index in [1.165, 1.54) is 18.2 Å². The van der Waals surface area contributed by atoms with E-state index in [1.54, 1.807) is 6.92 Å². The lowest BCUT2D eigenvalue weighted by Gasteiger charge is -2.27. The number of hydrogen-bond donors (Lipinski definition) is 2. The fourth-order valence-electron chi connectivity index (χ4n) is 1.91. The topological polar surface area (TPSA) is 93.5 Å². The second-order valence-corrected chi connectivity index (χ2v) is 4.61. The van der Waals surface area contributed by atoms with Crippen molar-refractivity contribution in [2.45, 2.75) is 6.92 Å². The maximum Gasteiger partial charge on any atom is 0.311 e. The molecule has 0 aromatic heterocycles. The fraction of sp³-hybridized carbons (Fsp3) is 0.462. The minimum Gasteiger partial charge on any atom is -0.487 e. The predicted octanol–water partition coefficient (Wildman–Crippen LogP) is 1.36. The molecule has 1 aromatic carbocycles. The summed E-state index contributed by atoms with van der Waals surface area (Å²) < 4.78 is 5.18. The van der Waals surface area contributed by atoms with E-state index in [0.29, 0.717) is 19.1 Å². The average Bonchev–Trinajstić information content (AvgIpc) is 2.37. The Kier molecular flexibility index (Phi) is 6.39. The highest BCUT2D eigenvalue weighted by Gasteiger charge is 2.20. The van der Waals surface area contributed by atoms with E-state index in [1.807, 2.05) is 0 Å². The monoisotopic (exact) mass is 315 g/mol. The molecular weight excluding hydrogens is 298 g/mol. The SMILES string of the molecule is CCOc1ccc(C(=O)NCC2CNC2)cc1[N+](=O)[O-].Cl. The average molecular weight is 316 g/mol. The molecule has 0 atom stereocenters. The van der Waals surface area contributed by atoms with E-state index in [0.717, 1.165) is 13.1 Å². The van der Waals surface area contributed by atoms with Crippen LogP contribution in [-0.2, 0) is 0 Å². The van der Waals surface area contributed by atoms with Crippen LogP contribution in [0.4, 0.5) is 5.69 Å². The molecule has 1 aromatic rings. The van der Waals surface area contributed by atoms with Crippen molar-refractivity contribution in [3.05, 3.63) is 33.9 Å². The van der Waals surface area contributed by atoms with Gasteiger partial charge in [0.25, 0.3) is 5.91 Å². The van der Waals surface area contributed by atoms with Crippen LogP contribution in [0.2, 0.25) is 0 Å². The largest absolute Gasteiger partial charge is 0.487 e. The van der Waals surface area contributed by atoms with Crippen LogP contribution < -0.4 is 15.4 Å². The summed E-state index contributed by atoms with van der Waals surface area (Å²) in [6.07, 6.45) is 0. The van der Waals surface area contributed by atoms with E-state index < -0.39 is 4.92 Å². The molecule has 1 aliphatic rings. The van der Waals surface area contributed by atoms with Gasteiger partial charge in [0.15, 0.2) is 5.75 Å². The Bertz CT molecular complexity index is 520. The van der Waals surface area contributed by atoms with Crippen LogP contribution in [0.3, 0.4) is 0 Å². The van der Waals surface area contributed by atoms with Gasteiger partial charge in [0.05, 0.1) is 11.5 Å². The summed E-state index contributed by atoms with van der Waals surface area (Å²) in [5.74, 6) is 0.317. The molecule has 2 rings (SSSR count). The van der Waals surface area contributed by atoms with Gasteiger partial charge in [-0.05, 0) is 19.1 Å². The molecule has 1 amide bonds. The third-order valence-electron chi connectivity index (χ3n) is 3.13. The predicted molar refractivity (Wildman–Crippen MR) is 80.2 cm³/mol. The van der Waals surface area contributed by atoms with Gasteiger partial charge in [0.1, 0.15) is 0 Å². The van der Waals surface area contributed by atoms with Gasteiger partial charge in [-0.3, -0.25) is 14.9 Å². The minimum absolute atomic E-state index is 0. The van der Waals surface area contributed by atoms with E-state index >= 15 is 0 Å². The van der Waals surface area contributed by atoms with Crippen LogP contribution >= 0.6 is 12.4 Å². The van der Waals surface area contributed by atoms with Gasteiger partial charge >= 0.3 is 5.69 Å². The first-order chi connectivity index (χ1) is 9.61. The van der Waals surface area contributed by atoms with Crippen LogP contribution in [0.5, 0.6) is 5.75 Å². The summed E-state index contributed by atoms with van der Waals surface area (Å²) in [6.45, 7) is 4.44. The van der Waals surface area contributed by atoms with Crippen molar-refractivity contribution < 1.29 is 14.5 Å². The highest BCUT2D eigenvalue weighted by atomic mass is 35.5. The Hall–Kier alpha value is -1.86. The molecule has 0 aliphatic carbocycles. The van der Waals surface area contributed by atoms with Crippen molar-refractivity contribution in [3.63, 3.8) is 0 Å². The van der Waals surface area contributed by atoms with Crippen LogP contribution in [-0.4, -0.2) is 37.1 Å². The van der Waals surface area contributed by atoms with Crippen molar-refractivity contribution in [1.82, 2.24) is 10.6 Å². The molecule has 0 radical (unpaired) electrons. The molecule has 2 N–H and O–H groups in total. The number of halogens is 1. The number of nitrogens with one attached hydrogen (secondary N) is 2. The molecule has 21 heavy (non-hydrogen) atoms. The lowest BCUT2D eigenvalue weighted by Crippen LogP contribution is -2.48. The molecule has 1 fully saturated rings. The van der Waals surface area contributed by atoms with Crippen molar-refractivity contribution in [3.8, 4) is 5.75 Å². The molecule has 1 saturated heterocycles. The molecule has 1 heterocycles. The van der Waals surface area contributed by atoms with Gasteiger partial charge < -0.3 is 15.4 Å².